The molecule has 0 aliphatic carbocycles. The van der Waals surface area contributed by atoms with Crippen LogP contribution in [0.2, 0.25) is 0 Å². The van der Waals surface area contributed by atoms with E-state index in [2.05, 4.69) is 5.32 Å². The van der Waals surface area contributed by atoms with Gasteiger partial charge in [-0.1, -0.05) is 72.8 Å². The molecule has 0 bridgehead atoms. The molecule has 0 unspecified atom stereocenters. The molecule has 2 rings (SSSR count). The second-order valence-corrected chi connectivity index (χ2v) is 5.55. The predicted molar refractivity (Wildman–Crippen MR) is 97.3 cm³/mol. The molecule has 2 aromatic rings. The summed E-state index contributed by atoms with van der Waals surface area (Å²) in [4.78, 5) is 23.4. The van der Waals surface area contributed by atoms with E-state index < -0.39 is 11.9 Å². The van der Waals surface area contributed by atoms with E-state index in [9.17, 15) is 9.59 Å². The Bertz CT molecular complexity index is 699. The summed E-state index contributed by atoms with van der Waals surface area (Å²) in [5, 5.41) is 2.60. The molecule has 0 aliphatic heterocycles. The van der Waals surface area contributed by atoms with E-state index in [-0.39, 0.29) is 12.5 Å². The van der Waals surface area contributed by atoms with Crippen molar-refractivity contribution in [1.82, 2.24) is 5.32 Å². The quantitative estimate of drug-likeness (QED) is 0.736. The van der Waals surface area contributed by atoms with Crippen LogP contribution in [0.5, 0.6) is 0 Å². The number of hydrogen-bond acceptors (Lipinski definition) is 3. The van der Waals surface area contributed by atoms with Crippen LogP contribution in [0.4, 0.5) is 0 Å². The van der Waals surface area contributed by atoms with Crippen molar-refractivity contribution in [3.05, 3.63) is 77.9 Å². The molecule has 25 heavy (non-hydrogen) atoms. The van der Waals surface area contributed by atoms with Gasteiger partial charge in [-0.3, -0.25) is 9.59 Å². The second-order valence-electron chi connectivity index (χ2n) is 5.55. The molecule has 3 N–H and O–H groups in total. The molecule has 2 aromatic carbocycles. The van der Waals surface area contributed by atoms with Gasteiger partial charge in [-0.05, 0) is 17.5 Å². The number of rotatable bonds is 9. The molecule has 5 nitrogen and oxygen atoms in total. The normalized spacial score (nSPS) is 12.0. The molecule has 0 spiro atoms. The SMILES string of the molecule is NC(=O)[C@H](C/C=C/c1ccccc1)NC(=O)COCc1ccccc1. The van der Waals surface area contributed by atoms with Crippen LogP contribution >= 0.6 is 0 Å². The van der Waals surface area contributed by atoms with Crippen molar-refractivity contribution >= 4 is 17.9 Å². The largest absolute Gasteiger partial charge is 0.368 e. The number of primary amides is 1. The van der Waals surface area contributed by atoms with Gasteiger partial charge < -0.3 is 15.8 Å². The van der Waals surface area contributed by atoms with Gasteiger partial charge >= 0.3 is 0 Å². The molecular formula is C20H22N2O3. The fourth-order valence-corrected chi connectivity index (χ4v) is 2.22. The summed E-state index contributed by atoms with van der Waals surface area (Å²) >= 11 is 0. The van der Waals surface area contributed by atoms with Crippen LogP contribution < -0.4 is 11.1 Å². The highest BCUT2D eigenvalue weighted by Crippen LogP contribution is 2.04. The Balaban J connectivity index is 1.77. The molecule has 0 fully saturated rings. The highest BCUT2D eigenvalue weighted by molar-refractivity contribution is 5.87. The smallest absolute Gasteiger partial charge is 0.246 e. The minimum Gasteiger partial charge on any atom is -0.368 e. The van der Waals surface area contributed by atoms with Gasteiger partial charge in [0.25, 0.3) is 0 Å². The first-order chi connectivity index (χ1) is 12.1. The number of benzene rings is 2. The molecule has 0 radical (unpaired) electrons. The third-order valence-corrected chi connectivity index (χ3v) is 3.51. The Morgan fingerprint density at radius 1 is 1.04 bits per heavy atom. The van der Waals surface area contributed by atoms with Crippen molar-refractivity contribution in [3.63, 3.8) is 0 Å². The molecule has 5 heteroatoms. The summed E-state index contributed by atoms with van der Waals surface area (Å²) in [6, 6.07) is 18.5. The van der Waals surface area contributed by atoms with Crippen LogP contribution in [0, 0.1) is 0 Å². The van der Waals surface area contributed by atoms with Crippen molar-refractivity contribution < 1.29 is 14.3 Å². The van der Waals surface area contributed by atoms with Gasteiger partial charge in [0.05, 0.1) is 6.61 Å². The average Bonchev–Trinajstić information content (AvgIpc) is 2.62. The van der Waals surface area contributed by atoms with E-state index in [0.29, 0.717) is 13.0 Å². The summed E-state index contributed by atoms with van der Waals surface area (Å²) in [5.74, 6) is -0.943. The molecule has 0 aromatic heterocycles. The Labute approximate surface area is 147 Å². The molecule has 1 atom stereocenters. The van der Waals surface area contributed by atoms with Gasteiger partial charge in [0, 0.05) is 0 Å². The van der Waals surface area contributed by atoms with Crippen LogP contribution in [0.3, 0.4) is 0 Å². The topological polar surface area (TPSA) is 81.4 Å². The summed E-state index contributed by atoms with van der Waals surface area (Å²) in [7, 11) is 0. The van der Waals surface area contributed by atoms with Gasteiger partial charge in [-0.25, -0.2) is 0 Å². The van der Waals surface area contributed by atoms with Crippen molar-refractivity contribution in [3.8, 4) is 0 Å². The zero-order valence-corrected chi connectivity index (χ0v) is 13.9. The molecule has 0 saturated heterocycles. The van der Waals surface area contributed by atoms with E-state index in [1.54, 1.807) is 0 Å². The summed E-state index contributed by atoms with van der Waals surface area (Å²) in [5.41, 5.74) is 7.35. The predicted octanol–water partition coefficient (Wildman–Crippen LogP) is 2.28. The lowest BCUT2D eigenvalue weighted by atomic mass is 10.1. The third kappa shape index (κ3) is 7.01. The number of amides is 2. The maximum Gasteiger partial charge on any atom is 0.246 e. The molecule has 2 amide bonds. The van der Waals surface area contributed by atoms with Crippen LogP contribution in [-0.4, -0.2) is 24.5 Å². The lowest BCUT2D eigenvalue weighted by Gasteiger charge is -2.13. The lowest BCUT2D eigenvalue weighted by molar-refractivity contribution is -0.130. The summed E-state index contributed by atoms with van der Waals surface area (Å²) in [6.07, 6.45) is 4.03. The van der Waals surface area contributed by atoms with Crippen LogP contribution in [0.15, 0.2) is 66.7 Å². The number of carbonyl (C=O) groups excluding carboxylic acids is 2. The third-order valence-electron chi connectivity index (χ3n) is 3.51. The van der Waals surface area contributed by atoms with E-state index in [0.717, 1.165) is 11.1 Å². The molecule has 0 saturated carbocycles. The number of nitrogens with one attached hydrogen (secondary N) is 1. The maximum atomic E-state index is 11.9. The first-order valence-corrected chi connectivity index (χ1v) is 8.07. The first-order valence-electron chi connectivity index (χ1n) is 8.07. The van der Waals surface area contributed by atoms with Gasteiger partial charge in [-0.2, -0.15) is 0 Å². The van der Waals surface area contributed by atoms with Gasteiger partial charge in [0.15, 0.2) is 0 Å². The van der Waals surface area contributed by atoms with E-state index >= 15 is 0 Å². The Morgan fingerprint density at radius 3 is 2.32 bits per heavy atom. The minimum absolute atomic E-state index is 0.124. The highest BCUT2D eigenvalue weighted by Gasteiger charge is 2.16. The summed E-state index contributed by atoms with van der Waals surface area (Å²) in [6.45, 7) is 0.213. The number of carbonyl (C=O) groups is 2. The average molecular weight is 338 g/mol. The second kappa shape index (κ2) is 10.1. The number of ether oxygens (including phenoxy) is 1. The first kappa shape index (κ1) is 18.4. The fourth-order valence-electron chi connectivity index (χ4n) is 2.22. The van der Waals surface area contributed by atoms with Gasteiger partial charge in [0.2, 0.25) is 11.8 Å². The number of nitrogens with two attached hydrogens (primary N) is 1. The monoisotopic (exact) mass is 338 g/mol. The lowest BCUT2D eigenvalue weighted by Crippen LogP contribution is -2.45. The standard InChI is InChI=1S/C20H22N2O3/c21-20(24)18(13-7-12-16-8-3-1-4-9-16)22-19(23)15-25-14-17-10-5-2-6-11-17/h1-12,18H,13-15H2,(H2,21,24)(H,22,23)/b12-7+/t18-/m0/s1. The van der Waals surface area contributed by atoms with Crippen molar-refractivity contribution in [2.45, 2.75) is 19.1 Å². The highest BCUT2D eigenvalue weighted by atomic mass is 16.5. The van der Waals surface area contributed by atoms with E-state index in [1.807, 2.05) is 72.8 Å². The van der Waals surface area contributed by atoms with Gasteiger partial charge in [0.1, 0.15) is 12.6 Å². The van der Waals surface area contributed by atoms with Gasteiger partial charge in [-0.15, -0.1) is 0 Å². The molecule has 0 heterocycles. The maximum absolute atomic E-state index is 11.9. The molecule has 0 aliphatic rings. The fraction of sp³-hybridized carbons (Fsp3) is 0.200. The van der Waals surface area contributed by atoms with E-state index in [1.165, 1.54) is 0 Å². The zero-order valence-electron chi connectivity index (χ0n) is 13.9. The Hall–Kier alpha value is -2.92. The minimum atomic E-state index is -0.757. The number of hydrogen-bond donors (Lipinski definition) is 2. The van der Waals surface area contributed by atoms with Crippen LogP contribution in [0.1, 0.15) is 17.5 Å². The molecular weight excluding hydrogens is 316 g/mol. The zero-order chi connectivity index (χ0) is 17.9. The van der Waals surface area contributed by atoms with E-state index in [4.69, 9.17) is 10.5 Å². The molecule has 130 valence electrons. The van der Waals surface area contributed by atoms with Crippen molar-refractivity contribution in [2.75, 3.05) is 6.61 Å². The van der Waals surface area contributed by atoms with Crippen molar-refractivity contribution in [1.29, 1.82) is 0 Å². The summed E-state index contributed by atoms with van der Waals surface area (Å²) < 4.78 is 5.35. The van der Waals surface area contributed by atoms with Crippen LogP contribution in [0.25, 0.3) is 6.08 Å². The Morgan fingerprint density at radius 2 is 1.68 bits per heavy atom. The van der Waals surface area contributed by atoms with Crippen molar-refractivity contribution in [2.24, 2.45) is 5.73 Å². The Kier molecular flexibility index (Phi) is 7.41. The van der Waals surface area contributed by atoms with Crippen LogP contribution in [-0.2, 0) is 20.9 Å².